The van der Waals surface area contributed by atoms with Crippen LogP contribution in [0, 0.1) is 5.92 Å². The first kappa shape index (κ1) is 13.4. The van der Waals surface area contributed by atoms with Gasteiger partial charge in [-0.25, -0.2) is 0 Å². The van der Waals surface area contributed by atoms with E-state index in [1.165, 1.54) is 0 Å². The highest BCUT2D eigenvalue weighted by Crippen LogP contribution is 2.28. The molecular weight excluding hydrogens is 250 g/mol. The highest BCUT2D eigenvalue weighted by Gasteiger charge is 2.31. The highest BCUT2D eigenvalue weighted by molar-refractivity contribution is 6.21. The molecule has 98 valence electrons. The summed E-state index contributed by atoms with van der Waals surface area (Å²) in [4.78, 5) is 12.2. The Hall–Kier alpha value is -1.06. The number of alkyl halides is 1. The fraction of sp³-hybridized carbons (Fsp3) is 0.500. The second kappa shape index (κ2) is 5.72. The molecule has 1 fully saturated rings. The Kier molecular flexibility index (Phi) is 4.25. The second-order valence-electron chi connectivity index (χ2n) is 4.66. The molecule has 1 heterocycles. The molecule has 3 unspecified atom stereocenters. The number of hydrogen-bond acceptors (Lipinski definition) is 2. The average Bonchev–Trinajstić information content (AvgIpc) is 2.76. The van der Waals surface area contributed by atoms with E-state index < -0.39 is 0 Å². The van der Waals surface area contributed by atoms with Gasteiger partial charge in [0.1, 0.15) is 0 Å². The molecule has 0 saturated carbocycles. The zero-order valence-electron chi connectivity index (χ0n) is 10.7. The van der Waals surface area contributed by atoms with E-state index in [-0.39, 0.29) is 23.3 Å². The highest BCUT2D eigenvalue weighted by atomic mass is 35.5. The number of carbonyl (C=O) groups is 1. The van der Waals surface area contributed by atoms with Crippen molar-refractivity contribution in [1.29, 1.82) is 0 Å². The summed E-state index contributed by atoms with van der Waals surface area (Å²) in [6, 6.07) is 7.63. The predicted octanol–water partition coefficient (Wildman–Crippen LogP) is 3.35. The van der Waals surface area contributed by atoms with Gasteiger partial charge < -0.3 is 10.1 Å². The van der Waals surface area contributed by atoms with Crippen LogP contribution in [-0.4, -0.2) is 18.6 Å². The van der Waals surface area contributed by atoms with Crippen LogP contribution in [0.1, 0.15) is 31.2 Å². The third-order valence-corrected chi connectivity index (χ3v) is 3.60. The van der Waals surface area contributed by atoms with Crippen LogP contribution in [0.4, 0.5) is 5.69 Å². The first-order valence-corrected chi connectivity index (χ1v) is 6.68. The molecule has 0 bridgehead atoms. The normalized spacial score (nSPS) is 24.8. The number of nitrogens with one attached hydrogen (secondary N) is 1. The summed E-state index contributed by atoms with van der Waals surface area (Å²) in [5, 5.41) is 2.83. The first-order chi connectivity index (χ1) is 8.59. The Balaban J connectivity index is 2.11. The van der Waals surface area contributed by atoms with Crippen LogP contribution in [-0.2, 0) is 9.53 Å². The third kappa shape index (κ3) is 2.85. The maximum absolute atomic E-state index is 12.2. The van der Waals surface area contributed by atoms with Crippen LogP contribution in [0.5, 0.6) is 0 Å². The fourth-order valence-electron chi connectivity index (χ4n) is 2.26. The lowest BCUT2D eigenvalue weighted by molar-refractivity contribution is -0.121. The largest absolute Gasteiger partial charge is 0.378 e. The van der Waals surface area contributed by atoms with Crippen LogP contribution in [0.25, 0.3) is 0 Å². The van der Waals surface area contributed by atoms with Crippen molar-refractivity contribution in [3.8, 4) is 0 Å². The Morgan fingerprint density at radius 1 is 1.50 bits per heavy atom. The second-order valence-corrected chi connectivity index (χ2v) is 5.32. The summed E-state index contributed by atoms with van der Waals surface area (Å²) in [5.74, 6) is -0.0477. The van der Waals surface area contributed by atoms with Gasteiger partial charge in [-0.1, -0.05) is 18.2 Å². The standard InChI is InChI=1S/C14H18ClNO2/c1-9(15)11-5-3-4-6-13(11)16-14(17)12-7-8-18-10(12)2/h3-6,9-10,12H,7-8H2,1-2H3,(H,16,17). The van der Waals surface area contributed by atoms with Crippen molar-refractivity contribution in [3.63, 3.8) is 0 Å². The molecule has 1 aliphatic rings. The van der Waals surface area contributed by atoms with Crippen LogP contribution in [0.3, 0.4) is 0 Å². The fourth-order valence-corrected chi connectivity index (χ4v) is 2.45. The van der Waals surface area contributed by atoms with Crippen LogP contribution in [0.2, 0.25) is 0 Å². The Morgan fingerprint density at radius 3 is 2.83 bits per heavy atom. The van der Waals surface area contributed by atoms with E-state index in [1.54, 1.807) is 0 Å². The van der Waals surface area contributed by atoms with Crippen molar-refractivity contribution in [2.45, 2.75) is 31.7 Å². The molecule has 4 heteroatoms. The van der Waals surface area contributed by atoms with E-state index in [1.807, 2.05) is 38.1 Å². The van der Waals surface area contributed by atoms with Gasteiger partial charge in [-0.3, -0.25) is 4.79 Å². The van der Waals surface area contributed by atoms with Crippen LogP contribution < -0.4 is 5.32 Å². The zero-order chi connectivity index (χ0) is 13.1. The van der Waals surface area contributed by atoms with Gasteiger partial charge in [0, 0.05) is 12.3 Å². The number of hydrogen-bond donors (Lipinski definition) is 1. The van der Waals surface area contributed by atoms with Crippen molar-refractivity contribution in [2.24, 2.45) is 5.92 Å². The number of anilines is 1. The molecular formula is C14H18ClNO2. The Labute approximate surface area is 112 Å². The summed E-state index contributed by atoms with van der Waals surface area (Å²) in [7, 11) is 0. The first-order valence-electron chi connectivity index (χ1n) is 6.25. The van der Waals surface area contributed by atoms with Gasteiger partial charge in [-0.2, -0.15) is 0 Å². The number of ether oxygens (including phenoxy) is 1. The van der Waals surface area contributed by atoms with Gasteiger partial charge in [0.15, 0.2) is 0 Å². The van der Waals surface area contributed by atoms with Crippen molar-refractivity contribution in [3.05, 3.63) is 29.8 Å². The minimum Gasteiger partial charge on any atom is -0.378 e. The lowest BCUT2D eigenvalue weighted by atomic mass is 10.0. The summed E-state index contributed by atoms with van der Waals surface area (Å²) < 4.78 is 5.42. The molecule has 0 aromatic heterocycles. The van der Waals surface area contributed by atoms with E-state index >= 15 is 0 Å². The van der Waals surface area contributed by atoms with Gasteiger partial charge in [0.2, 0.25) is 5.91 Å². The minimum atomic E-state index is -0.126. The zero-order valence-corrected chi connectivity index (χ0v) is 11.4. The lowest BCUT2D eigenvalue weighted by Crippen LogP contribution is -2.28. The van der Waals surface area contributed by atoms with E-state index in [0.717, 1.165) is 17.7 Å². The molecule has 1 amide bonds. The quantitative estimate of drug-likeness (QED) is 0.853. The van der Waals surface area contributed by atoms with Crippen LogP contribution in [0.15, 0.2) is 24.3 Å². The Bertz CT molecular complexity index is 434. The van der Waals surface area contributed by atoms with Crippen molar-refractivity contribution < 1.29 is 9.53 Å². The number of carbonyl (C=O) groups excluding carboxylic acids is 1. The molecule has 0 radical (unpaired) electrons. The number of para-hydroxylation sites is 1. The smallest absolute Gasteiger partial charge is 0.230 e. The van der Waals surface area contributed by atoms with E-state index in [4.69, 9.17) is 16.3 Å². The van der Waals surface area contributed by atoms with Gasteiger partial charge in [0.05, 0.1) is 17.4 Å². The molecule has 18 heavy (non-hydrogen) atoms. The molecule has 1 N–H and O–H groups in total. The van der Waals surface area contributed by atoms with Gasteiger partial charge in [-0.05, 0) is 31.9 Å². The molecule has 3 nitrogen and oxygen atoms in total. The number of halogens is 1. The maximum Gasteiger partial charge on any atom is 0.230 e. The molecule has 0 spiro atoms. The summed E-state index contributed by atoms with van der Waals surface area (Å²) >= 11 is 6.10. The Morgan fingerprint density at radius 2 is 2.22 bits per heavy atom. The average molecular weight is 268 g/mol. The number of amides is 1. The number of rotatable bonds is 3. The lowest BCUT2D eigenvalue weighted by Gasteiger charge is -2.17. The van der Waals surface area contributed by atoms with E-state index in [9.17, 15) is 4.79 Å². The van der Waals surface area contributed by atoms with Crippen molar-refractivity contribution in [2.75, 3.05) is 11.9 Å². The van der Waals surface area contributed by atoms with Gasteiger partial charge >= 0.3 is 0 Å². The molecule has 1 aliphatic heterocycles. The van der Waals surface area contributed by atoms with Crippen molar-refractivity contribution in [1.82, 2.24) is 0 Å². The molecule has 1 saturated heterocycles. The summed E-state index contributed by atoms with van der Waals surface area (Å²) in [5.41, 5.74) is 1.74. The molecule has 0 aliphatic carbocycles. The third-order valence-electron chi connectivity index (χ3n) is 3.36. The van der Waals surface area contributed by atoms with Gasteiger partial charge in [-0.15, -0.1) is 11.6 Å². The summed E-state index contributed by atoms with van der Waals surface area (Å²) in [6.07, 6.45) is 0.775. The van der Waals surface area contributed by atoms with Crippen LogP contribution >= 0.6 is 11.6 Å². The monoisotopic (exact) mass is 267 g/mol. The van der Waals surface area contributed by atoms with E-state index in [0.29, 0.717) is 6.61 Å². The van der Waals surface area contributed by atoms with Crippen molar-refractivity contribution >= 4 is 23.2 Å². The SMILES string of the molecule is CC(Cl)c1ccccc1NC(=O)C1CCOC1C. The molecule has 1 aromatic carbocycles. The topological polar surface area (TPSA) is 38.3 Å². The minimum absolute atomic E-state index is 0.00872. The molecule has 2 rings (SSSR count). The molecule has 1 aromatic rings. The van der Waals surface area contributed by atoms with Gasteiger partial charge in [0.25, 0.3) is 0 Å². The summed E-state index contributed by atoms with van der Waals surface area (Å²) in [6.45, 7) is 4.49. The van der Waals surface area contributed by atoms with E-state index in [2.05, 4.69) is 5.32 Å². The maximum atomic E-state index is 12.2. The molecule has 3 atom stereocenters. The number of benzene rings is 1. The predicted molar refractivity (Wildman–Crippen MR) is 72.9 cm³/mol.